The number of fused-ring (bicyclic) bond motifs is 3. The number of pyridine rings is 1. The Kier molecular flexibility index (Phi) is 4.59. The molecule has 0 N–H and O–H groups in total. The molecule has 5 aromatic rings. The van der Waals surface area contributed by atoms with E-state index < -0.39 is 11.4 Å². The molecule has 0 saturated heterocycles. The van der Waals surface area contributed by atoms with Crippen LogP contribution in [0, 0.1) is 0 Å². The van der Waals surface area contributed by atoms with E-state index in [-0.39, 0.29) is 24.2 Å². The summed E-state index contributed by atoms with van der Waals surface area (Å²) in [5.41, 5.74) is 1.37. The van der Waals surface area contributed by atoms with Crippen LogP contribution in [-0.2, 0) is 13.1 Å². The summed E-state index contributed by atoms with van der Waals surface area (Å²) in [6, 6.07) is 27.2. The Hall–Kier alpha value is -4.19. The number of nitrogens with zero attached hydrogens (tertiary/aromatic N) is 3. The van der Waals surface area contributed by atoms with Gasteiger partial charge in [-0.2, -0.15) is 0 Å². The molecule has 6 nitrogen and oxygen atoms in total. The van der Waals surface area contributed by atoms with Crippen molar-refractivity contribution in [1.82, 2.24) is 13.5 Å². The molecule has 0 spiro atoms. The minimum atomic E-state index is -0.468. The first kappa shape index (κ1) is 18.8. The van der Waals surface area contributed by atoms with Crippen LogP contribution < -0.4 is 16.8 Å². The molecule has 0 bridgehead atoms. The Bertz CT molecular complexity index is 1580. The Labute approximate surface area is 176 Å². The molecule has 5 rings (SSSR count). The predicted molar refractivity (Wildman–Crippen MR) is 121 cm³/mol. The number of para-hydroxylation sites is 1. The summed E-state index contributed by atoms with van der Waals surface area (Å²) in [6.07, 6.45) is 0. The third-order valence-corrected chi connectivity index (χ3v) is 5.43. The third kappa shape index (κ3) is 3.28. The smallest absolute Gasteiger partial charge is 0.289 e. The molecule has 31 heavy (non-hydrogen) atoms. The van der Waals surface area contributed by atoms with Crippen molar-refractivity contribution < 1.29 is 0 Å². The molecule has 0 fully saturated rings. The van der Waals surface area contributed by atoms with E-state index in [0.717, 1.165) is 11.1 Å². The topological polar surface area (TPSA) is 65.5 Å². The van der Waals surface area contributed by atoms with Gasteiger partial charge in [0.05, 0.1) is 18.6 Å². The molecule has 2 aromatic heterocycles. The van der Waals surface area contributed by atoms with Crippen molar-refractivity contribution in [1.29, 1.82) is 0 Å². The van der Waals surface area contributed by atoms with E-state index in [1.807, 2.05) is 60.7 Å². The number of aromatic nitrogens is 3. The second-order valence-electron chi connectivity index (χ2n) is 7.43. The molecule has 0 aliphatic heterocycles. The first-order valence-electron chi connectivity index (χ1n) is 9.99. The summed E-state index contributed by atoms with van der Waals surface area (Å²) in [6.45, 7) is 0.389. The third-order valence-electron chi connectivity index (χ3n) is 5.43. The maximum absolute atomic E-state index is 13.5. The van der Waals surface area contributed by atoms with Crippen LogP contribution in [0.5, 0.6) is 0 Å². The average Bonchev–Trinajstić information content (AvgIpc) is 2.81. The number of rotatable bonds is 4. The van der Waals surface area contributed by atoms with Gasteiger partial charge in [-0.3, -0.25) is 9.36 Å². The van der Waals surface area contributed by atoms with E-state index in [1.165, 1.54) is 19.6 Å². The fourth-order valence-electron chi connectivity index (χ4n) is 3.92. The second-order valence-corrected chi connectivity index (χ2v) is 7.43. The maximum atomic E-state index is 13.5. The molecule has 0 saturated carbocycles. The molecule has 152 valence electrons. The average molecular weight is 409 g/mol. The van der Waals surface area contributed by atoms with Crippen LogP contribution in [0.2, 0.25) is 0 Å². The quantitative estimate of drug-likeness (QED) is 0.429. The summed E-state index contributed by atoms with van der Waals surface area (Å²) >= 11 is 0. The van der Waals surface area contributed by atoms with E-state index in [2.05, 4.69) is 0 Å². The van der Waals surface area contributed by atoms with Crippen molar-refractivity contribution in [3.63, 3.8) is 0 Å². The Morgan fingerprint density at radius 1 is 0.581 bits per heavy atom. The normalized spacial score (nSPS) is 11.2. The van der Waals surface area contributed by atoms with E-state index in [4.69, 9.17) is 0 Å². The van der Waals surface area contributed by atoms with Gasteiger partial charge in [0.15, 0.2) is 5.43 Å². The predicted octanol–water partition coefficient (Wildman–Crippen LogP) is 2.87. The minimum Gasteiger partial charge on any atom is -0.289 e. The molecule has 0 aliphatic carbocycles. The molecule has 0 amide bonds. The Balaban J connectivity index is 1.88. The van der Waals surface area contributed by atoms with E-state index >= 15 is 0 Å². The highest BCUT2D eigenvalue weighted by Crippen LogP contribution is 2.12. The zero-order chi connectivity index (χ0) is 21.4. The fraction of sp³-hybridized carbons (Fsp3) is 0.0800. The first-order chi connectivity index (χ1) is 15.1. The lowest BCUT2D eigenvalue weighted by molar-refractivity contribution is 0.592. The van der Waals surface area contributed by atoms with Gasteiger partial charge in [0, 0.05) is 11.5 Å². The molecule has 6 heteroatoms. The number of hydrogen-bond donors (Lipinski definition) is 0. The molecule has 0 unspecified atom stereocenters. The lowest BCUT2D eigenvalue weighted by Crippen LogP contribution is -2.44. The summed E-state index contributed by atoms with van der Waals surface area (Å²) in [4.78, 5) is 39.7. The molecule has 2 heterocycles. The van der Waals surface area contributed by atoms with Crippen molar-refractivity contribution in [3.8, 4) is 0 Å². The van der Waals surface area contributed by atoms with Gasteiger partial charge in [-0.1, -0.05) is 72.8 Å². The molecule has 0 aliphatic rings. The summed E-state index contributed by atoms with van der Waals surface area (Å²) in [5.74, 6) is 0. The minimum absolute atomic E-state index is 0.143. The van der Waals surface area contributed by atoms with Crippen LogP contribution in [-0.4, -0.2) is 13.5 Å². The first-order valence-corrected chi connectivity index (χ1v) is 9.99. The summed E-state index contributed by atoms with van der Waals surface area (Å²) < 4.78 is 4.18. The lowest BCUT2D eigenvalue weighted by Gasteiger charge is -2.16. The van der Waals surface area contributed by atoms with Crippen molar-refractivity contribution >= 4 is 16.6 Å². The lowest BCUT2D eigenvalue weighted by atomic mass is 10.2. The highest BCUT2D eigenvalue weighted by molar-refractivity contribution is 5.81. The Morgan fingerprint density at radius 3 is 1.77 bits per heavy atom. The van der Waals surface area contributed by atoms with Gasteiger partial charge in [0.2, 0.25) is 0 Å². The van der Waals surface area contributed by atoms with Crippen LogP contribution in [0.3, 0.4) is 0 Å². The van der Waals surface area contributed by atoms with Gasteiger partial charge in [0.1, 0.15) is 5.65 Å². The Morgan fingerprint density at radius 2 is 1.13 bits per heavy atom. The zero-order valence-corrected chi connectivity index (χ0v) is 16.6. The van der Waals surface area contributed by atoms with Gasteiger partial charge in [-0.15, -0.1) is 0 Å². The van der Waals surface area contributed by atoms with Gasteiger partial charge < -0.3 is 0 Å². The van der Waals surface area contributed by atoms with Crippen molar-refractivity contribution in [3.05, 3.63) is 133 Å². The molecule has 0 radical (unpaired) electrons. The highest BCUT2D eigenvalue weighted by Gasteiger charge is 2.16. The van der Waals surface area contributed by atoms with Crippen LogP contribution in [0.15, 0.2) is 105 Å². The van der Waals surface area contributed by atoms with Gasteiger partial charge in [-0.25, -0.2) is 18.6 Å². The van der Waals surface area contributed by atoms with Crippen LogP contribution in [0.4, 0.5) is 0 Å². The van der Waals surface area contributed by atoms with E-state index in [1.54, 1.807) is 24.3 Å². The van der Waals surface area contributed by atoms with Crippen LogP contribution >= 0.6 is 0 Å². The van der Waals surface area contributed by atoms with Crippen molar-refractivity contribution in [2.45, 2.75) is 13.1 Å². The fourth-order valence-corrected chi connectivity index (χ4v) is 3.92. The van der Waals surface area contributed by atoms with Crippen LogP contribution in [0.25, 0.3) is 16.6 Å². The monoisotopic (exact) mass is 409 g/mol. The summed E-state index contributed by atoms with van der Waals surface area (Å²) in [7, 11) is 0. The number of benzene rings is 3. The van der Waals surface area contributed by atoms with Gasteiger partial charge in [-0.05, 0) is 23.3 Å². The summed E-state index contributed by atoms with van der Waals surface area (Å²) in [5, 5.41) is 0.438. The largest absolute Gasteiger partial charge is 0.338 e. The standard InChI is InChI=1S/C25H19N3O3/c29-22-15-23-26(16-18-9-3-1-4-10-18)24(30)27(17-19-11-5-2-6-12-19)25(31)28(23)21-14-8-7-13-20(21)22/h1-15H,16-17H2. The van der Waals surface area contributed by atoms with Gasteiger partial charge in [0.25, 0.3) is 0 Å². The van der Waals surface area contributed by atoms with E-state index in [9.17, 15) is 14.4 Å². The van der Waals surface area contributed by atoms with Crippen molar-refractivity contribution in [2.75, 3.05) is 0 Å². The van der Waals surface area contributed by atoms with E-state index in [0.29, 0.717) is 10.9 Å². The maximum Gasteiger partial charge on any atom is 0.338 e. The molecule has 0 atom stereocenters. The SMILES string of the molecule is O=c1cc2n(Cc3ccccc3)c(=O)n(Cc3ccccc3)c(=O)n2c2ccccc12. The van der Waals surface area contributed by atoms with Crippen LogP contribution in [0.1, 0.15) is 11.1 Å². The molecular weight excluding hydrogens is 390 g/mol. The zero-order valence-electron chi connectivity index (χ0n) is 16.6. The second kappa shape index (κ2) is 7.57. The molecular formula is C25H19N3O3. The number of hydrogen-bond acceptors (Lipinski definition) is 3. The van der Waals surface area contributed by atoms with Crippen molar-refractivity contribution in [2.24, 2.45) is 0 Å². The molecule has 3 aromatic carbocycles. The van der Waals surface area contributed by atoms with Gasteiger partial charge >= 0.3 is 11.4 Å². The highest BCUT2D eigenvalue weighted by atomic mass is 16.2.